The van der Waals surface area contributed by atoms with Gasteiger partial charge >= 0.3 is 0 Å². The van der Waals surface area contributed by atoms with Crippen molar-refractivity contribution in [3.05, 3.63) is 21.8 Å². The highest BCUT2D eigenvalue weighted by Gasteiger charge is 2.19. The van der Waals surface area contributed by atoms with E-state index in [0.29, 0.717) is 6.04 Å². The van der Waals surface area contributed by atoms with Crippen LogP contribution in [-0.4, -0.2) is 27.4 Å². The number of hydrogen-bond donors (Lipinski definition) is 1. The summed E-state index contributed by atoms with van der Waals surface area (Å²) in [6.45, 7) is 8.41. The lowest BCUT2D eigenvalue weighted by molar-refractivity contribution is 0.601. The van der Waals surface area contributed by atoms with Crippen molar-refractivity contribution < 1.29 is 0 Å². The molecule has 0 aliphatic carbocycles. The second-order valence-electron chi connectivity index (χ2n) is 5.49. The zero-order chi connectivity index (χ0) is 14.1. The fourth-order valence-corrected chi connectivity index (χ4v) is 3.90. The van der Waals surface area contributed by atoms with Crippen molar-refractivity contribution in [2.24, 2.45) is 0 Å². The van der Waals surface area contributed by atoms with Crippen LogP contribution in [0.1, 0.15) is 36.2 Å². The van der Waals surface area contributed by atoms with E-state index >= 15 is 0 Å². The molecule has 0 saturated carbocycles. The Bertz CT molecular complexity index is 593. The minimum absolute atomic E-state index is 0.620. The third-order valence-corrected chi connectivity index (χ3v) is 4.94. The largest absolute Gasteiger partial charge is 0.314 e. The van der Waals surface area contributed by atoms with Crippen LogP contribution in [-0.2, 0) is 13.0 Å². The first-order chi connectivity index (χ1) is 9.69. The quantitative estimate of drug-likeness (QED) is 0.941. The summed E-state index contributed by atoms with van der Waals surface area (Å²) in [5.41, 5.74) is 4.62. The first-order valence-corrected chi connectivity index (χ1v) is 8.29. The smallest absolute Gasteiger partial charge is 0.0948 e. The van der Waals surface area contributed by atoms with Crippen molar-refractivity contribution in [1.82, 2.24) is 20.1 Å². The second-order valence-corrected chi connectivity index (χ2v) is 6.43. The summed E-state index contributed by atoms with van der Waals surface area (Å²) in [5, 5.41) is 11.5. The first kappa shape index (κ1) is 13.8. The van der Waals surface area contributed by atoms with Crippen molar-refractivity contribution in [1.29, 1.82) is 0 Å². The molecule has 0 radical (unpaired) electrons. The van der Waals surface area contributed by atoms with Crippen molar-refractivity contribution in [3.8, 4) is 11.3 Å². The van der Waals surface area contributed by atoms with Crippen molar-refractivity contribution in [2.75, 3.05) is 6.54 Å². The predicted molar refractivity (Wildman–Crippen MR) is 83.2 cm³/mol. The molecule has 0 bridgehead atoms. The third-order valence-electron chi connectivity index (χ3n) is 4.07. The average Bonchev–Trinajstić information content (AvgIpc) is 3.13. The van der Waals surface area contributed by atoms with Gasteiger partial charge in [0.05, 0.1) is 16.4 Å². The van der Waals surface area contributed by atoms with Gasteiger partial charge in [-0.3, -0.25) is 4.68 Å². The molecule has 3 heterocycles. The minimum atomic E-state index is 0.620. The number of nitrogens with one attached hydrogen (secondary N) is 1. The molecule has 1 fully saturated rings. The van der Waals surface area contributed by atoms with Crippen molar-refractivity contribution in [2.45, 2.75) is 52.6 Å². The van der Waals surface area contributed by atoms with Gasteiger partial charge in [0.15, 0.2) is 0 Å². The van der Waals surface area contributed by atoms with E-state index in [-0.39, 0.29) is 0 Å². The van der Waals surface area contributed by atoms with Crippen LogP contribution in [0, 0.1) is 13.8 Å². The summed E-state index contributed by atoms with van der Waals surface area (Å²) in [7, 11) is 0. The highest BCUT2D eigenvalue weighted by atomic mass is 32.1. The van der Waals surface area contributed by atoms with Crippen LogP contribution in [0.5, 0.6) is 0 Å². The zero-order valence-electron chi connectivity index (χ0n) is 12.4. The van der Waals surface area contributed by atoms with Gasteiger partial charge in [-0.15, -0.1) is 11.3 Å². The summed E-state index contributed by atoms with van der Waals surface area (Å²) in [6.07, 6.45) is 3.63. The molecule has 0 aromatic carbocycles. The fraction of sp³-hybridized carbons (Fsp3) is 0.600. The topological polar surface area (TPSA) is 42.7 Å². The molecule has 1 saturated heterocycles. The monoisotopic (exact) mass is 290 g/mol. The Labute approximate surface area is 124 Å². The van der Waals surface area contributed by atoms with Crippen molar-refractivity contribution >= 4 is 11.3 Å². The summed E-state index contributed by atoms with van der Waals surface area (Å²) < 4.78 is 2.06. The van der Waals surface area contributed by atoms with E-state index in [1.54, 1.807) is 11.3 Å². The Morgan fingerprint density at radius 1 is 1.45 bits per heavy atom. The van der Waals surface area contributed by atoms with E-state index in [0.717, 1.165) is 30.9 Å². The van der Waals surface area contributed by atoms with Crippen LogP contribution < -0.4 is 5.32 Å². The highest BCUT2D eigenvalue weighted by molar-refractivity contribution is 7.09. The standard InChI is InChI=1S/C15H22N4S/c1-4-19-11(3)15(10(2)18-19)13-9-20-14(17-13)8-12-6-5-7-16-12/h9,12,16H,4-8H2,1-3H3. The van der Waals surface area contributed by atoms with Crippen LogP contribution in [0.15, 0.2) is 5.38 Å². The number of nitrogens with zero attached hydrogens (tertiary/aromatic N) is 3. The maximum Gasteiger partial charge on any atom is 0.0948 e. The number of hydrogen-bond acceptors (Lipinski definition) is 4. The van der Waals surface area contributed by atoms with Crippen LogP contribution in [0.3, 0.4) is 0 Å². The molecule has 1 N–H and O–H groups in total. The second kappa shape index (κ2) is 5.66. The number of rotatable bonds is 4. The third kappa shape index (κ3) is 2.52. The SMILES string of the molecule is CCn1nc(C)c(-c2csc(CC3CCCN3)n2)c1C. The molecule has 20 heavy (non-hydrogen) atoms. The lowest BCUT2D eigenvalue weighted by Gasteiger charge is -2.06. The molecular weight excluding hydrogens is 268 g/mol. The van der Waals surface area contributed by atoms with Crippen LogP contribution >= 0.6 is 11.3 Å². The molecule has 1 atom stereocenters. The van der Waals surface area contributed by atoms with Gasteiger partial charge in [0.25, 0.3) is 0 Å². The van der Waals surface area contributed by atoms with Gasteiger partial charge in [-0.2, -0.15) is 5.10 Å². The molecule has 1 unspecified atom stereocenters. The normalized spacial score (nSPS) is 18.9. The molecule has 5 heteroatoms. The van der Waals surface area contributed by atoms with E-state index in [2.05, 4.69) is 41.2 Å². The number of aryl methyl sites for hydroxylation is 2. The lowest BCUT2D eigenvalue weighted by atomic mass is 10.1. The Morgan fingerprint density at radius 2 is 2.30 bits per heavy atom. The lowest BCUT2D eigenvalue weighted by Crippen LogP contribution is -2.23. The average molecular weight is 290 g/mol. The van der Waals surface area contributed by atoms with E-state index < -0.39 is 0 Å². The molecule has 4 nitrogen and oxygen atoms in total. The zero-order valence-corrected chi connectivity index (χ0v) is 13.3. The Balaban J connectivity index is 1.84. The van der Waals surface area contributed by atoms with Gasteiger partial charge in [0.2, 0.25) is 0 Å². The van der Waals surface area contributed by atoms with Gasteiger partial charge in [-0.25, -0.2) is 4.98 Å². The van der Waals surface area contributed by atoms with E-state index in [1.807, 2.05) is 0 Å². The molecule has 1 aliphatic rings. The van der Waals surface area contributed by atoms with E-state index in [4.69, 9.17) is 4.98 Å². The fourth-order valence-electron chi connectivity index (χ4n) is 3.04. The summed E-state index contributed by atoms with van der Waals surface area (Å²) in [4.78, 5) is 4.84. The Hall–Kier alpha value is -1.20. The molecule has 2 aromatic rings. The summed E-state index contributed by atoms with van der Waals surface area (Å²) in [6, 6.07) is 0.620. The van der Waals surface area contributed by atoms with Gasteiger partial charge in [0, 0.05) is 35.6 Å². The molecule has 3 rings (SSSR count). The van der Waals surface area contributed by atoms with Crippen LogP contribution in [0.25, 0.3) is 11.3 Å². The van der Waals surface area contributed by atoms with E-state index in [1.165, 1.54) is 29.1 Å². The van der Waals surface area contributed by atoms with Crippen LogP contribution in [0.4, 0.5) is 0 Å². The summed E-state index contributed by atoms with van der Waals surface area (Å²) >= 11 is 1.78. The molecule has 0 amide bonds. The van der Waals surface area contributed by atoms with Gasteiger partial charge in [-0.05, 0) is 40.2 Å². The van der Waals surface area contributed by atoms with E-state index in [9.17, 15) is 0 Å². The maximum absolute atomic E-state index is 4.84. The maximum atomic E-state index is 4.84. The molecular formula is C15H22N4S. The summed E-state index contributed by atoms with van der Waals surface area (Å²) in [5.74, 6) is 0. The highest BCUT2D eigenvalue weighted by Crippen LogP contribution is 2.29. The Morgan fingerprint density at radius 3 is 2.95 bits per heavy atom. The van der Waals surface area contributed by atoms with Gasteiger partial charge in [0.1, 0.15) is 0 Å². The Kier molecular flexibility index (Phi) is 3.89. The van der Waals surface area contributed by atoms with Crippen molar-refractivity contribution in [3.63, 3.8) is 0 Å². The molecule has 108 valence electrons. The number of aromatic nitrogens is 3. The van der Waals surface area contributed by atoms with Crippen LogP contribution in [0.2, 0.25) is 0 Å². The molecule has 0 spiro atoms. The number of thiazole rings is 1. The van der Waals surface area contributed by atoms with Gasteiger partial charge in [-0.1, -0.05) is 0 Å². The minimum Gasteiger partial charge on any atom is -0.314 e. The molecule has 1 aliphatic heterocycles. The van der Waals surface area contributed by atoms with Gasteiger partial charge < -0.3 is 5.32 Å². The first-order valence-electron chi connectivity index (χ1n) is 7.41. The predicted octanol–water partition coefficient (Wildman–Crippen LogP) is 2.94. The molecule has 2 aromatic heterocycles.